The Bertz CT molecular complexity index is 872. The SMILES string of the molecule is O=C(NCc1ccc2c(c1)OCO2)N[C@@H]1CC(=O)N(c2ccc(Cl)cc2)C1. The summed E-state index contributed by atoms with van der Waals surface area (Å²) in [5.74, 6) is 1.35. The molecule has 0 aromatic heterocycles. The van der Waals surface area contributed by atoms with Gasteiger partial charge in [0.05, 0.1) is 6.04 Å². The van der Waals surface area contributed by atoms with Crippen molar-refractivity contribution < 1.29 is 19.1 Å². The number of ether oxygens (including phenoxy) is 2. The first-order chi connectivity index (χ1) is 13.1. The van der Waals surface area contributed by atoms with Gasteiger partial charge in [0.1, 0.15) is 0 Å². The second kappa shape index (κ2) is 7.36. The highest BCUT2D eigenvalue weighted by atomic mass is 35.5. The first-order valence-corrected chi connectivity index (χ1v) is 8.95. The van der Waals surface area contributed by atoms with Crippen molar-refractivity contribution >= 4 is 29.2 Å². The molecule has 0 radical (unpaired) electrons. The van der Waals surface area contributed by atoms with Gasteiger partial charge in [0, 0.05) is 30.2 Å². The van der Waals surface area contributed by atoms with E-state index in [1.165, 1.54) is 0 Å². The van der Waals surface area contributed by atoms with E-state index in [1.54, 1.807) is 29.2 Å². The van der Waals surface area contributed by atoms with Crippen molar-refractivity contribution in [1.29, 1.82) is 0 Å². The summed E-state index contributed by atoms with van der Waals surface area (Å²) in [7, 11) is 0. The van der Waals surface area contributed by atoms with Crippen molar-refractivity contribution in [3.05, 3.63) is 53.1 Å². The van der Waals surface area contributed by atoms with E-state index in [0.29, 0.717) is 29.6 Å². The van der Waals surface area contributed by atoms with Crippen LogP contribution in [0.1, 0.15) is 12.0 Å². The Morgan fingerprint density at radius 2 is 1.93 bits per heavy atom. The minimum Gasteiger partial charge on any atom is -0.454 e. The van der Waals surface area contributed by atoms with E-state index in [0.717, 1.165) is 11.3 Å². The van der Waals surface area contributed by atoms with Gasteiger partial charge in [-0.15, -0.1) is 0 Å². The van der Waals surface area contributed by atoms with E-state index in [2.05, 4.69) is 10.6 Å². The van der Waals surface area contributed by atoms with Crippen molar-refractivity contribution in [2.24, 2.45) is 0 Å². The maximum absolute atomic E-state index is 12.2. The normalized spacial score (nSPS) is 17.9. The van der Waals surface area contributed by atoms with Crippen molar-refractivity contribution in [1.82, 2.24) is 10.6 Å². The number of halogens is 1. The second-order valence-electron chi connectivity index (χ2n) is 6.40. The molecule has 1 atom stereocenters. The molecule has 27 heavy (non-hydrogen) atoms. The molecule has 2 N–H and O–H groups in total. The summed E-state index contributed by atoms with van der Waals surface area (Å²) >= 11 is 5.89. The molecule has 2 aliphatic rings. The van der Waals surface area contributed by atoms with E-state index in [-0.39, 0.29) is 31.2 Å². The maximum Gasteiger partial charge on any atom is 0.315 e. The topological polar surface area (TPSA) is 79.9 Å². The predicted molar refractivity (Wildman–Crippen MR) is 100 cm³/mol. The molecule has 0 bridgehead atoms. The number of carbonyl (C=O) groups is 2. The van der Waals surface area contributed by atoms with Crippen molar-refractivity contribution in [2.45, 2.75) is 19.0 Å². The molecule has 0 aliphatic carbocycles. The molecular formula is C19H18ClN3O4. The monoisotopic (exact) mass is 387 g/mol. The number of hydrogen-bond acceptors (Lipinski definition) is 4. The fourth-order valence-corrected chi connectivity index (χ4v) is 3.27. The number of fused-ring (bicyclic) bond motifs is 1. The van der Waals surface area contributed by atoms with Crippen LogP contribution in [0.3, 0.4) is 0 Å². The molecule has 2 aliphatic heterocycles. The van der Waals surface area contributed by atoms with Crippen LogP contribution < -0.4 is 25.0 Å². The lowest BCUT2D eigenvalue weighted by atomic mass is 10.2. The van der Waals surface area contributed by atoms with Crippen LogP contribution in [0.15, 0.2) is 42.5 Å². The number of carbonyl (C=O) groups excluding carboxylic acids is 2. The van der Waals surface area contributed by atoms with Gasteiger partial charge in [-0.05, 0) is 42.0 Å². The van der Waals surface area contributed by atoms with Gasteiger partial charge in [-0.3, -0.25) is 4.79 Å². The lowest BCUT2D eigenvalue weighted by Gasteiger charge is -2.17. The van der Waals surface area contributed by atoms with Gasteiger partial charge in [-0.1, -0.05) is 17.7 Å². The van der Waals surface area contributed by atoms with Crippen LogP contribution in [0, 0.1) is 0 Å². The van der Waals surface area contributed by atoms with E-state index in [4.69, 9.17) is 21.1 Å². The van der Waals surface area contributed by atoms with Crippen LogP contribution in [0.2, 0.25) is 5.02 Å². The van der Waals surface area contributed by atoms with Gasteiger partial charge in [0.15, 0.2) is 11.5 Å². The summed E-state index contributed by atoms with van der Waals surface area (Å²) in [4.78, 5) is 26.1. The third-order valence-corrected chi connectivity index (χ3v) is 4.74. The van der Waals surface area contributed by atoms with E-state index >= 15 is 0 Å². The summed E-state index contributed by atoms with van der Waals surface area (Å²) < 4.78 is 10.6. The van der Waals surface area contributed by atoms with Crippen molar-refractivity contribution in [2.75, 3.05) is 18.2 Å². The smallest absolute Gasteiger partial charge is 0.315 e. The zero-order valence-corrected chi connectivity index (χ0v) is 15.2. The van der Waals surface area contributed by atoms with Crippen molar-refractivity contribution in [3.8, 4) is 11.5 Å². The van der Waals surface area contributed by atoms with Gasteiger partial charge in [0.2, 0.25) is 12.7 Å². The minimum absolute atomic E-state index is 0.0293. The lowest BCUT2D eigenvalue weighted by Crippen LogP contribution is -2.43. The van der Waals surface area contributed by atoms with Crippen molar-refractivity contribution in [3.63, 3.8) is 0 Å². The molecule has 1 fully saturated rings. The van der Waals surface area contributed by atoms with Gasteiger partial charge < -0.3 is 25.0 Å². The Morgan fingerprint density at radius 1 is 1.15 bits per heavy atom. The first kappa shape index (κ1) is 17.5. The molecule has 0 unspecified atom stereocenters. The van der Waals surface area contributed by atoms with Gasteiger partial charge in [-0.25, -0.2) is 4.79 Å². The standard InChI is InChI=1S/C19H18ClN3O4/c20-13-2-4-15(5-3-13)23-10-14(8-18(23)24)22-19(25)21-9-12-1-6-16-17(7-12)27-11-26-16/h1-7,14H,8-11H2,(H2,21,22,25)/t14-/m1/s1. The number of amides is 3. The Morgan fingerprint density at radius 3 is 2.74 bits per heavy atom. The minimum atomic E-state index is -0.316. The molecule has 140 valence electrons. The van der Waals surface area contributed by atoms with Crippen LogP contribution in [-0.4, -0.2) is 31.3 Å². The largest absolute Gasteiger partial charge is 0.454 e. The predicted octanol–water partition coefficient (Wildman–Crippen LogP) is 2.67. The van der Waals surface area contributed by atoms with Gasteiger partial charge in [0.25, 0.3) is 0 Å². The molecule has 1 saturated heterocycles. The molecule has 7 nitrogen and oxygen atoms in total. The highest BCUT2D eigenvalue weighted by molar-refractivity contribution is 6.30. The number of benzene rings is 2. The molecule has 0 spiro atoms. The third-order valence-electron chi connectivity index (χ3n) is 4.49. The molecule has 0 saturated carbocycles. The number of urea groups is 1. The number of nitrogens with zero attached hydrogens (tertiary/aromatic N) is 1. The highest BCUT2D eigenvalue weighted by Gasteiger charge is 2.31. The third kappa shape index (κ3) is 3.93. The molecule has 4 rings (SSSR count). The Kier molecular flexibility index (Phi) is 4.77. The highest BCUT2D eigenvalue weighted by Crippen LogP contribution is 2.32. The molecule has 2 heterocycles. The lowest BCUT2D eigenvalue weighted by molar-refractivity contribution is -0.117. The Hall–Kier alpha value is -2.93. The number of nitrogens with one attached hydrogen (secondary N) is 2. The van der Waals surface area contributed by atoms with Crippen LogP contribution in [0.5, 0.6) is 11.5 Å². The van der Waals surface area contributed by atoms with Crippen LogP contribution in [0.25, 0.3) is 0 Å². The summed E-state index contributed by atoms with van der Waals surface area (Å²) in [5, 5.41) is 6.26. The summed E-state index contributed by atoms with van der Waals surface area (Å²) in [6, 6.07) is 12.0. The molecule has 8 heteroatoms. The Balaban J connectivity index is 1.29. The average molecular weight is 388 g/mol. The summed E-state index contributed by atoms with van der Waals surface area (Å²) in [6.45, 7) is 0.995. The van der Waals surface area contributed by atoms with Crippen LogP contribution in [0.4, 0.5) is 10.5 Å². The van der Waals surface area contributed by atoms with E-state index < -0.39 is 0 Å². The molecule has 3 amide bonds. The van der Waals surface area contributed by atoms with Crippen LogP contribution >= 0.6 is 11.6 Å². The average Bonchev–Trinajstić information content (AvgIpc) is 3.26. The molecular weight excluding hydrogens is 370 g/mol. The first-order valence-electron chi connectivity index (χ1n) is 8.57. The van der Waals surface area contributed by atoms with Crippen LogP contribution in [-0.2, 0) is 11.3 Å². The summed E-state index contributed by atoms with van der Waals surface area (Å²) in [5.41, 5.74) is 1.68. The van der Waals surface area contributed by atoms with Gasteiger partial charge >= 0.3 is 6.03 Å². The molecule has 2 aromatic carbocycles. The summed E-state index contributed by atoms with van der Waals surface area (Å²) in [6.07, 6.45) is 0.264. The zero-order chi connectivity index (χ0) is 18.8. The number of anilines is 1. The van der Waals surface area contributed by atoms with E-state index in [9.17, 15) is 9.59 Å². The van der Waals surface area contributed by atoms with E-state index in [1.807, 2.05) is 18.2 Å². The Labute approximate surface area is 161 Å². The van der Waals surface area contributed by atoms with Gasteiger partial charge in [-0.2, -0.15) is 0 Å². The number of hydrogen-bond donors (Lipinski definition) is 2. The second-order valence-corrected chi connectivity index (χ2v) is 6.83. The fraction of sp³-hybridized carbons (Fsp3) is 0.263. The molecule has 2 aromatic rings. The maximum atomic E-state index is 12.2. The fourth-order valence-electron chi connectivity index (χ4n) is 3.14. The quantitative estimate of drug-likeness (QED) is 0.845. The number of rotatable bonds is 4. The zero-order valence-electron chi connectivity index (χ0n) is 14.4.